The van der Waals surface area contributed by atoms with Crippen molar-refractivity contribution in [3.8, 4) is 0 Å². The van der Waals surface area contributed by atoms with E-state index in [0.29, 0.717) is 11.3 Å². The van der Waals surface area contributed by atoms with Gasteiger partial charge in [-0.15, -0.1) is 0 Å². The number of sulfonamides is 1. The highest BCUT2D eigenvalue weighted by molar-refractivity contribution is 7.93. The summed E-state index contributed by atoms with van der Waals surface area (Å²) < 4.78 is 32.2. The molecule has 2 rings (SSSR count). The molecule has 0 aliphatic heterocycles. The Morgan fingerprint density at radius 1 is 1.07 bits per heavy atom. The number of carboxylic acids is 1. The van der Waals surface area contributed by atoms with E-state index in [1.54, 1.807) is 24.3 Å². The van der Waals surface area contributed by atoms with Crippen molar-refractivity contribution in [2.45, 2.75) is 24.7 Å². The summed E-state index contributed by atoms with van der Waals surface area (Å²) in [6, 6.07) is 12.1. The molecule has 0 aliphatic rings. The smallest absolute Gasteiger partial charge is 0.337 e. The van der Waals surface area contributed by atoms with Crippen molar-refractivity contribution in [2.75, 3.05) is 18.0 Å². The molecular formula is C19H21NO6S. The van der Waals surface area contributed by atoms with Gasteiger partial charge in [0, 0.05) is 0 Å². The second-order valence-corrected chi connectivity index (χ2v) is 7.93. The van der Waals surface area contributed by atoms with E-state index in [2.05, 4.69) is 4.74 Å². The first-order chi connectivity index (χ1) is 12.7. The van der Waals surface area contributed by atoms with Crippen molar-refractivity contribution in [1.29, 1.82) is 0 Å². The SMILES string of the molecule is COC(=O)CN(c1ccccc1C(C)C)S(=O)(=O)c1ccccc1C(=O)O. The number of rotatable bonds is 7. The molecule has 0 fully saturated rings. The predicted molar refractivity (Wildman–Crippen MR) is 100 cm³/mol. The minimum absolute atomic E-state index is 0.0220. The van der Waals surface area contributed by atoms with E-state index >= 15 is 0 Å². The molecule has 0 radical (unpaired) electrons. The number of methoxy groups -OCH3 is 1. The molecule has 1 N–H and O–H groups in total. The quantitative estimate of drug-likeness (QED) is 0.729. The van der Waals surface area contributed by atoms with E-state index in [1.807, 2.05) is 13.8 Å². The van der Waals surface area contributed by atoms with Crippen LogP contribution in [0.25, 0.3) is 0 Å². The van der Waals surface area contributed by atoms with E-state index in [-0.39, 0.29) is 16.4 Å². The minimum atomic E-state index is -4.34. The monoisotopic (exact) mass is 391 g/mol. The Balaban J connectivity index is 2.72. The van der Waals surface area contributed by atoms with Gasteiger partial charge in [0.05, 0.1) is 18.4 Å². The second-order valence-electron chi connectivity index (χ2n) is 6.10. The summed E-state index contributed by atoms with van der Waals surface area (Å²) in [5.41, 5.74) is 0.644. The maximum Gasteiger partial charge on any atom is 0.337 e. The van der Waals surface area contributed by atoms with Gasteiger partial charge >= 0.3 is 11.9 Å². The number of carbonyl (C=O) groups is 2. The highest BCUT2D eigenvalue weighted by Crippen LogP contribution is 2.32. The van der Waals surface area contributed by atoms with Crippen LogP contribution in [0.3, 0.4) is 0 Å². The van der Waals surface area contributed by atoms with Gasteiger partial charge < -0.3 is 9.84 Å². The number of hydrogen-bond donors (Lipinski definition) is 1. The third-order valence-corrected chi connectivity index (χ3v) is 5.83. The number of carboxylic acid groups (broad SMARTS) is 1. The van der Waals surface area contributed by atoms with Crippen LogP contribution in [-0.2, 0) is 19.6 Å². The Labute approximate surface area is 158 Å². The van der Waals surface area contributed by atoms with E-state index in [9.17, 15) is 23.1 Å². The number of hydrogen-bond acceptors (Lipinski definition) is 5. The third kappa shape index (κ3) is 4.28. The van der Waals surface area contributed by atoms with Crippen LogP contribution in [0.2, 0.25) is 0 Å². The van der Waals surface area contributed by atoms with Crippen molar-refractivity contribution >= 4 is 27.6 Å². The van der Waals surface area contributed by atoms with Crippen molar-refractivity contribution in [2.24, 2.45) is 0 Å². The average molecular weight is 391 g/mol. The number of esters is 1. The number of carbonyl (C=O) groups excluding carboxylic acids is 1. The molecular weight excluding hydrogens is 370 g/mol. The van der Waals surface area contributed by atoms with Crippen molar-refractivity contribution < 1.29 is 27.9 Å². The molecule has 144 valence electrons. The normalized spacial score (nSPS) is 11.3. The molecule has 8 heteroatoms. The van der Waals surface area contributed by atoms with Crippen LogP contribution in [-0.4, -0.2) is 39.1 Å². The zero-order chi connectivity index (χ0) is 20.2. The highest BCUT2D eigenvalue weighted by atomic mass is 32.2. The fourth-order valence-corrected chi connectivity index (χ4v) is 4.29. The lowest BCUT2D eigenvalue weighted by molar-refractivity contribution is -0.138. The summed E-state index contributed by atoms with van der Waals surface area (Å²) in [6.45, 7) is 3.22. The molecule has 0 atom stereocenters. The number of para-hydroxylation sites is 1. The summed E-state index contributed by atoms with van der Waals surface area (Å²) in [5.74, 6) is -2.15. The molecule has 0 spiro atoms. The van der Waals surface area contributed by atoms with Gasteiger partial charge in [0.1, 0.15) is 11.4 Å². The zero-order valence-corrected chi connectivity index (χ0v) is 16.1. The average Bonchev–Trinajstić information content (AvgIpc) is 2.65. The van der Waals surface area contributed by atoms with Crippen molar-refractivity contribution in [1.82, 2.24) is 0 Å². The maximum absolute atomic E-state index is 13.3. The molecule has 0 saturated heterocycles. The van der Waals surface area contributed by atoms with Crippen LogP contribution in [0, 0.1) is 0 Å². The van der Waals surface area contributed by atoms with Crippen LogP contribution >= 0.6 is 0 Å². The van der Waals surface area contributed by atoms with Crippen LogP contribution in [0.15, 0.2) is 53.4 Å². The Kier molecular flexibility index (Phi) is 6.22. The number of benzene rings is 2. The number of ether oxygens (including phenoxy) is 1. The van der Waals surface area contributed by atoms with Crippen LogP contribution in [0.1, 0.15) is 35.7 Å². The van der Waals surface area contributed by atoms with Crippen molar-refractivity contribution in [3.63, 3.8) is 0 Å². The van der Waals surface area contributed by atoms with Crippen molar-refractivity contribution in [3.05, 3.63) is 59.7 Å². The summed E-state index contributed by atoms with van der Waals surface area (Å²) in [5, 5.41) is 9.38. The summed E-state index contributed by atoms with van der Waals surface area (Å²) in [4.78, 5) is 23.0. The molecule has 0 unspecified atom stereocenters. The van der Waals surface area contributed by atoms with Crippen LogP contribution in [0.5, 0.6) is 0 Å². The molecule has 0 aliphatic carbocycles. The predicted octanol–water partition coefficient (Wildman–Crippen LogP) is 2.88. The lowest BCUT2D eigenvalue weighted by Gasteiger charge is -2.27. The Morgan fingerprint density at radius 2 is 1.67 bits per heavy atom. The number of anilines is 1. The van der Waals surface area contributed by atoms with Gasteiger partial charge in [-0.3, -0.25) is 9.10 Å². The Bertz CT molecular complexity index is 952. The first-order valence-corrected chi connectivity index (χ1v) is 9.65. The minimum Gasteiger partial charge on any atom is -0.478 e. The molecule has 0 heterocycles. The van der Waals surface area contributed by atoms with Gasteiger partial charge in [0.15, 0.2) is 0 Å². The fraction of sp³-hybridized carbons (Fsp3) is 0.263. The number of nitrogens with zero attached hydrogens (tertiary/aromatic N) is 1. The highest BCUT2D eigenvalue weighted by Gasteiger charge is 2.32. The van der Waals surface area contributed by atoms with Crippen LogP contribution in [0.4, 0.5) is 5.69 Å². The number of aromatic carboxylic acids is 1. The molecule has 7 nitrogen and oxygen atoms in total. The molecule has 2 aromatic carbocycles. The summed E-state index contributed by atoms with van der Waals surface area (Å²) in [7, 11) is -3.18. The van der Waals surface area contributed by atoms with E-state index in [4.69, 9.17) is 0 Å². The van der Waals surface area contributed by atoms with Gasteiger partial charge in [-0.1, -0.05) is 44.2 Å². The lowest BCUT2D eigenvalue weighted by atomic mass is 10.0. The Hall–Kier alpha value is -2.87. The molecule has 2 aromatic rings. The summed E-state index contributed by atoms with van der Waals surface area (Å²) >= 11 is 0. The summed E-state index contributed by atoms with van der Waals surface area (Å²) in [6.07, 6.45) is 0. The molecule has 0 aromatic heterocycles. The molecule has 0 bridgehead atoms. The second kappa shape index (κ2) is 8.22. The van der Waals surface area contributed by atoms with E-state index < -0.39 is 28.5 Å². The van der Waals surface area contributed by atoms with Gasteiger partial charge in [-0.2, -0.15) is 0 Å². The van der Waals surface area contributed by atoms with Crippen LogP contribution < -0.4 is 4.31 Å². The van der Waals surface area contributed by atoms with E-state index in [0.717, 1.165) is 11.4 Å². The zero-order valence-electron chi connectivity index (χ0n) is 15.2. The van der Waals surface area contributed by atoms with Gasteiger partial charge in [-0.05, 0) is 29.7 Å². The largest absolute Gasteiger partial charge is 0.478 e. The lowest BCUT2D eigenvalue weighted by Crippen LogP contribution is -2.37. The van der Waals surface area contributed by atoms with E-state index in [1.165, 1.54) is 24.3 Å². The first kappa shape index (κ1) is 20.4. The van der Waals surface area contributed by atoms with Gasteiger partial charge in [-0.25, -0.2) is 13.2 Å². The first-order valence-electron chi connectivity index (χ1n) is 8.21. The third-order valence-electron chi connectivity index (χ3n) is 4.01. The standard InChI is InChI=1S/C19H21NO6S/c1-13(2)14-8-4-6-10-16(14)20(12-18(21)26-3)27(24,25)17-11-7-5-9-15(17)19(22)23/h4-11,13H,12H2,1-3H3,(H,22,23). The molecule has 0 amide bonds. The molecule has 27 heavy (non-hydrogen) atoms. The van der Waals surface area contributed by atoms with Gasteiger partial charge in [0.2, 0.25) is 0 Å². The topological polar surface area (TPSA) is 101 Å². The molecule has 0 saturated carbocycles. The fourth-order valence-electron chi connectivity index (χ4n) is 2.67. The Morgan fingerprint density at radius 3 is 2.26 bits per heavy atom. The maximum atomic E-state index is 13.3. The van der Waals surface area contributed by atoms with Gasteiger partial charge in [0.25, 0.3) is 10.0 Å².